The van der Waals surface area contributed by atoms with Crippen LogP contribution in [0.2, 0.25) is 0 Å². The maximum absolute atomic E-state index is 11.3. The molecule has 0 saturated heterocycles. The summed E-state index contributed by atoms with van der Waals surface area (Å²) < 4.78 is 20.7. The third-order valence-corrected chi connectivity index (χ3v) is 1.46. The highest BCUT2D eigenvalue weighted by atomic mass is 19.3. The van der Waals surface area contributed by atoms with Crippen LogP contribution < -0.4 is 0 Å². The second kappa shape index (κ2) is 5.79. The predicted molar refractivity (Wildman–Crippen MR) is 40.0 cm³/mol. The Kier molecular flexibility index (Phi) is 5.44. The number of rotatable bonds is 7. The van der Waals surface area contributed by atoms with Crippen LogP contribution in [0.4, 0.5) is 4.53 Å². The molecule has 0 aliphatic rings. The number of hydrogen-bond donors (Lipinski definition) is 0. The van der Waals surface area contributed by atoms with Gasteiger partial charge in [0.15, 0.2) is 0 Å². The van der Waals surface area contributed by atoms with Crippen molar-refractivity contribution in [1.29, 1.82) is 0 Å². The Morgan fingerprint density at radius 3 is 2.54 bits per heavy atom. The molecule has 7 heteroatoms. The molecule has 0 aliphatic carbocycles. The molecular formula is C6H12FNO5. The third-order valence-electron chi connectivity index (χ3n) is 1.46. The van der Waals surface area contributed by atoms with Gasteiger partial charge in [0.1, 0.15) is 6.42 Å². The van der Waals surface area contributed by atoms with Gasteiger partial charge in [0.05, 0.1) is 18.1 Å². The van der Waals surface area contributed by atoms with Crippen LogP contribution in [0, 0.1) is 10.1 Å². The van der Waals surface area contributed by atoms with Crippen LogP contribution in [0.25, 0.3) is 0 Å². The van der Waals surface area contributed by atoms with E-state index < -0.39 is 17.4 Å². The van der Waals surface area contributed by atoms with Gasteiger partial charge in [-0.3, -0.25) is 19.6 Å². The summed E-state index contributed by atoms with van der Waals surface area (Å²) in [6.07, 6.45) is -0.305. The van der Waals surface area contributed by atoms with Crippen LogP contribution in [-0.2, 0) is 14.4 Å². The van der Waals surface area contributed by atoms with Gasteiger partial charge in [-0.25, -0.2) is 0 Å². The highest BCUT2D eigenvalue weighted by Crippen LogP contribution is 2.18. The van der Waals surface area contributed by atoms with Gasteiger partial charge in [0.2, 0.25) is 0 Å². The van der Waals surface area contributed by atoms with Crippen LogP contribution in [0.1, 0.15) is 13.3 Å². The summed E-state index contributed by atoms with van der Waals surface area (Å²) in [6, 6.07) is 0. The second-order valence-corrected chi connectivity index (χ2v) is 2.17. The molecule has 0 aromatic rings. The van der Waals surface area contributed by atoms with Crippen molar-refractivity contribution in [2.75, 3.05) is 20.3 Å². The molecule has 0 heterocycles. The van der Waals surface area contributed by atoms with Crippen molar-refractivity contribution in [2.24, 2.45) is 0 Å². The number of methoxy groups -OCH3 is 1. The van der Waals surface area contributed by atoms with Gasteiger partial charge in [0, 0.05) is 7.11 Å². The van der Waals surface area contributed by atoms with E-state index in [0.717, 1.165) is 7.11 Å². The third kappa shape index (κ3) is 3.21. The van der Waals surface area contributed by atoms with E-state index in [1.165, 1.54) is 0 Å². The predicted octanol–water partition coefficient (Wildman–Crippen LogP) is 0.891. The van der Waals surface area contributed by atoms with Crippen LogP contribution in [0.15, 0.2) is 0 Å². The van der Waals surface area contributed by atoms with E-state index in [4.69, 9.17) is 4.74 Å². The Bertz CT molecular complexity index is 167. The van der Waals surface area contributed by atoms with Crippen LogP contribution in [0.5, 0.6) is 0 Å². The first kappa shape index (κ1) is 12.2. The Morgan fingerprint density at radius 1 is 1.62 bits per heavy atom. The molecule has 0 rings (SSSR count). The molecule has 1 unspecified atom stereocenters. The van der Waals surface area contributed by atoms with E-state index in [2.05, 4.69) is 9.68 Å². The minimum Gasteiger partial charge on any atom is -0.294 e. The van der Waals surface area contributed by atoms with Gasteiger partial charge < -0.3 is 0 Å². The molecule has 6 nitrogen and oxygen atoms in total. The molecule has 0 amide bonds. The fourth-order valence-electron chi connectivity index (χ4n) is 0.845. The first-order valence-corrected chi connectivity index (χ1v) is 3.70. The summed E-state index contributed by atoms with van der Waals surface area (Å²) in [5.41, 5.74) is 0. The molecule has 0 fully saturated rings. The van der Waals surface area contributed by atoms with Crippen LogP contribution in [-0.4, -0.2) is 31.2 Å². The van der Waals surface area contributed by atoms with Gasteiger partial charge in [-0.15, -0.1) is 0 Å². The second-order valence-electron chi connectivity index (χ2n) is 2.17. The SMILES string of the molecule is CCOC(CCOF)(OC)[N+](=O)[O-]. The van der Waals surface area contributed by atoms with Crippen molar-refractivity contribution in [2.45, 2.75) is 19.3 Å². The Balaban J connectivity index is 4.35. The summed E-state index contributed by atoms with van der Waals surface area (Å²) in [5.74, 6) is -2.00. The van der Waals surface area contributed by atoms with Gasteiger partial charge in [-0.2, -0.15) is 4.94 Å². The minimum atomic E-state index is -2.00. The lowest BCUT2D eigenvalue weighted by molar-refractivity contribution is -0.692. The maximum atomic E-state index is 11.3. The Hall–Kier alpha value is -0.790. The molecule has 0 saturated carbocycles. The normalized spacial score (nSPS) is 15.3. The van der Waals surface area contributed by atoms with E-state index in [-0.39, 0.29) is 13.0 Å². The summed E-state index contributed by atoms with van der Waals surface area (Å²) in [5, 5.41) is 10.5. The maximum Gasteiger partial charge on any atom is 0.444 e. The highest BCUT2D eigenvalue weighted by Gasteiger charge is 2.44. The average molecular weight is 197 g/mol. The Morgan fingerprint density at radius 2 is 2.23 bits per heavy atom. The zero-order valence-corrected chi connectivity index (χ0v) is 7.49. The molecule has 0 aromatic heterocycles. The van der Waals surface area contributed by atoms with Gasteiger partial charge in [0.25, 0.3) is 0 Å². The lowest BCUT2D eigenvalue weighted by Crippen LogP contribution is -2.44. The van der Waals surface area contributed by atoms with Gasteiger partial charge in [-0.1, -0.05) is 0 Å². The minimum absolute atomic E-state index is 0.0983. The lowest BCUT2D eigenvalue weighted by Gasteiger charge is -2.21. The monoisotopic (exact) mass is 197 g/mol. The largest absolute Gasteiger partial charge is 0.444 e. The number of nitro groups is 1. The zero-order valence-electron chi connectivity index (χ0n) is 7.49. The summed E-state index contributed by atoms with van der Waals surface area (Å²) in [7, 11) is 1.12. The standard InChI is InChI=1S/C6H12FNO5/c1-3-12-6(11-2,8(9)10)4-5-13-7/h3-5H2,1-2H3. The topological polar surface area (TPSA) is 70.8 Å². The molecule has 1 atom stereocenters. The molecule has 0 aromatic carbocycles. The van der Waals surface area contributed by atoms with Gasteiger partial charge >= 0.3 is 5.91 Å². The fraction of sp³-hybridized carbons (Fsp3) is 1.00. The molecule has 0 spiro atoms. The number of hydrogen-bond acceptors (Lipinski definition) is 5. The molecular weight excluding hydrogens is 185 g/mol. The number of halogens is 1. The number of ether oxygens (including phenoxy) is 2. The highest BCUT2D eigenvalue weighted by molar-refractivity contribution is 4.54. The van der Waals surface area contributed by atoms with Crippen molar-refractivity contribution in [1.82, 2.24) is 0 Å². The molecule has 0 bridgehead atoms. The molecule has 0 aliphatic heterocycles. The fourth-order valence-corrected chi connectivity index (χ4v) is 0.845. The van der Waals surface area contributed by atoms with Crippen molar-refractivity contribution < 1.29 is 23.9 Å². The molecule has 78 valence electrons. The van der Waals surface area contributed by atoms with E-state index >= 15 is 0 Å². The molecule has 0 N–H and O–H groups in total. The molecule has 13 heavy (non-hydrogen) atoms. The van der Waals surface area contributed by atoms with Gasteiger partial charge in [-0.05, 0) is 11.4 Å². The van der Waals surface area contributed by atoms with E-state index in [1.807, 2.05) is 0 Å². The average Bonchev–Trinajstić information content (AvgIpc) is 2.12. The van der Waals surface area contributed by atoms with E-state index in [1.54, 1.807) is 6.92 Å². The first-order valence-electron chi connectivity index (χ1n) is 3.70. The summed E-state index contributed by atoms with van der Waals surface area (Å²) >= 11 is 0. The smallest absolute Gasteiger partial charge is 0.294 e. The van der Waals surface area contributed by atoms with Crippen LogP contribution >= 0.6 is 0 Å². The summed E-state index contributed by atoms with van der Waals surface area (Å²) in [4.78, 5) is 13.0. The van der Waals surface area contributed by atoms with Crippen molar-refractivity contribution in [3.63, 3.8) is 0 Å². The Labute approximate surface area is 74.6 Å². The lowest BCUT2D eigenvalue weighted by atomic mass is 10.3. The quantitative estimate of drug-likeness (QED) is 0.344. The first-order chi connectivity index (χ1) is 6.13. The molecule has 0 radical (unpaired) electrons. The van der Waals surface area contributed by atoms with Crippen molar-refractivity contribution in [3.8, 4) is 0 Å². The van der Waals surface area contributed by atoms with Crippen LogP contribution in [0.3, 0.4) is 0 Å². The number of nitrogens with zero attached hydrogens (tertiary/aromatic N) is 1. The van der Waals surface area contributed by atoms with E-state index in [0.29, 0.717) is 0 Å². The van der Waals surface area contributed by atoms with E-state index in [9.17, 15) is 14.6 Å². The zero-order chi connectivity index (χ0) is 10.3. The summed E-state index contributed by atoms with van der Waals surface area (Å²) in [6.45, 7) is 1.23. The van der Waals surface area contributed by atoms with Crippen molar-refractivity contribution in [3.05, 3.63) is 10.1 Å². The van der Waals surface area contributed by atoms with Crippen molar-refractivity contribution >= 4 is 0 Å².